The van der Waals surface area contributed by atoms with Crippen LogP contribution in [0.2, 0.25) is 0 Å². The smallest absolute Gasteiger partial charge is 0.350 e. The van der Waals surface area contributed by atoms with Gasteiger partial charge < -0.3 is 9.64 Å². The first-order chi connectivity index (χ1) is 12.2. The van der Waals surface area contributed by atoms with Crippen molar-refractivity contribution in [1.82, 2.24) is 4.98 Å². The number of allylic oxidation sites excluding steroid dienone is 1. The first-order valence-corrected chi connectivity index (χ1v) is 9.23. The standard InChI is InChI=1S/C20H22N2O3S/c1-12-18(26-13(2)21-12)19(24)25-11-14(23)10-17-20(3,4)15-8-6-7-9-16(15)22(17)5/h6-10H,11H2,1-5H3. The number of carbonyl (C=O) groups is 2. The Morgan fingerprint density at radius 2 is 1.96 bits per heavy atom. The van der Waals surface area contributed by atoms with Crippen molar-refractivity contribution in [3.63, 3.8) is 0 Å². The number of likely N-dealkylation sites (N-methyl/N-ethyl adjacent to an activating group) is 1. The van der Waals surface area contributed by atoms with Crippen LogP contribution in [0.3, 0.4) is 0 Å². The molecule has 0 spiro atoms. The number of ether oxygens (including phenoxy) is 1. The Kier molecular flexibility index (Phi) is 4.71. The van der Waals surface area contributed by atoms with Crippen LogP contribution in [0.1, 0.15) is 39.8 Å². The van der Waals surface area contributed by atoms with Crippen LogP contribution in [0.4, 0.5) is 5.69 Å². The predicted molar refractivity (Wildman–Crippen MR) is 103 cm³/mol. The van der Waals surface area contributed by atoms with Crippen LogP contribution < -0.4 is 4.90 Å². The van der Waals surface area contributed by atoms with Crippen molar-refractivity contribution in [3.8, 4) is 0 Å². The maximum Gasteiger partial charge on any atom is 0.350 e. The number of benzene rings is 1. The fourth-order valence-corrected chi connectivity index (χ4v) is 4.19. The number of aromatic nitrogens is 1. The van der Waals surface area contributed by atoms with Crippen molar-refractivity contribution < 1.29 is 14.3 Å². The van der Waals surface area contributed by atoms with Crippen molar-refractivity contribution in [2.24, 2.45) is 0 Å². The number of para-hydroxylation sites is 1. The number of rotatable bonds is 4. The normalized spacial score (nSPS) is 16.7. The Hall–Kier alpha value is -2.47. The zero-order chi connectivity index (χ0) is 19.1. The van der Waals surface area contributed by atoms with E-state index in [0.29, 0.717) is 10.6 Å². The van der Waals surface area contributed by atoms with Gasteiger partial charge in [0.05, 0.1) is 10.7 Å². The van der Waals surface area contributed by atoms with Crippen LogP contribution in [-0.4, -0.2) is 30.4 Å². The molecule has 26 heavy (non-hydrogen) atoms. The second-order valence-corrected chi connectivity index (χ2v) is 8.12. The summed E-state index contributed by atoms with van der Waals surface area (Å²) in [4.78, 5) is 31.3. The van der Waals surface area contributed by atoms with E-state index in [2.05, 4.69) is 24.9 Å². The second-order valence-electron chi connectivity index (χ2n) is 6.92. The van der Waals surface area contributed by atoms with Crippen LogP contribution >= 0.6 is 11.3 Å². The minimum atomic E-state index is -0.498. The summed E-state index contributed by atoms with van der Waals surface area (Å²) in [6.07, 6.45) is 1.58. The topological polar surface area (TPSA) is 59.5 Å². The number of hydrogen-bond acceptors (Lipinski definition) is 6. The van der Waals surface area contributed by atoms with E-state index in [0.717, 1.165) is 16.4 Å². The summed E-state index contributed by atoms with van der Waals surface area (Å²) in [6, 6.07) is 8.10. The Labute approximate surface area is 157 Å². The fourth-order valence-electron chi connectivity index (χ4n) is 3.38. The van der Waals surface area contributed by atoms with Gasteiger partial charge in [-0.15, -0.1) is 11.3 Å². The van der Waals surface area contributed by atoms with Gasteiger partial charge in [0.15, 0.2) is 12.4 Å². The molecule has 0 fully saturated rings. The number of ketones is 1. The molecule has 1 aliphatic rings. The summed E-state index contributed by atoms with van der Waals surface area (Å²) >= 11 is 1.28. The van der Waals surface area contributed by atoms with Crippen LogP contribution in [-0.2, 0) is 14.9 Å². The summed E-state index contributed by atoms with van der Waals surface area (Å²) in [5.74, 6) is -0.734. The SMILES string of the molecule is Cc1nc(C)c(C(=O)OCC(=O)C=C2N(C)c3ccccc3C2(C)C)s1. The molecule has 6 heteroatoms. The molecule has 136 valence electrons. The molecule has 3 rings (SSSR count). The van der Waals surface area contributed by atoms with E-state index in [4.69, 9.17) is 4.74 Å². The lowest BCUT2D eigenvalue weighted by Gasteiger charge is -2.23. The molecule has 0 unspecified atom stereocenters. The Morgan fingerprint density at radius 3 is 2.58 bits per heavy atom. The molecule has 0 saturated carbocycles. The van der Waals surface area contributed by atoms with E-state index >= 15 is 0 Å². The lowest BCUT2D eigenvalue weighted by atomic mass is 9.83. The van der Waals surface area contributed by atoms with Gasteiger partial charge in [-0.1, -0.05) is 32.0 Å². The number of anilines is 1. The molecule has 1 aliphatic heterocycles. The number of fused-ring (bicyclic) bond motifs is 1. The first kappa shape index (κ1) is 18.3. The number of carbonyl (C=O) groups excluding carboxylic acids is 2. The lowest BCUT2D eigenvalue weighted by molar-refractivity contribution is -0.117. The zero-order valence-corrected chi connectivity index (χ0v) is 16.4. The minimum absolute atomic E-state index is 0.236. The number of aryl methyl sites for hydroxylation is 2. The number of hydrogen-bond donors (Lipinski definition) is 0. The molecule has 5 nitrogen and oxygen atoms in total. The monoisotopic (exact) mass is 370 g/mol. The molecule has 0 radical (unpaired) electrons. The molecule has 0 N–H and O–H groups in total. The van der Waals surface area contributed by atoms with Crippen LogP contribution in [0.5, 0.6) is 0 Å². The van der Waals surface area contributed by atoms with E-state index in [-0.39, 0.29) is 17.8 Å². The summed E-state index contributed by atoms with van der Waals surface area (Å²) in [5.41, 5.74) is 3.51. The van der Waals surface area contributed by atoms with E-state index in [1.165, 1.54) is 16.9 Å². The summed E-state index contributed by atoms with van der Waals surface area (Å²) in [5, 5.41) is 0.801. The van der Waals surface area contributed by atoms with Gasteiger partial charge in [0.25, 0.3) is 0 Å². The third-order valence-corrected chi connectivity index (χ3v) is 5.73. The van der Waals surface area contributed by atoms with Crippen LogP contribution in [0, 0.1) is 13.8 Å². The van der Waals surface area contributed by atoms with Gasteiger partial charge in [0, 0.05) is 29.9 Å². The predicted octanol–water partition coefficient (Wildman–Crippen LogP) is 3.80. The van der Waals surface area contributed by atoms with Crippen molar-refractivity contribution in [2.75, 3.05) is 18.6 Å². The molecule has 2 aromatic rings. The molecule has 2 heterocycles. The highest BCUT2D eigenvalue weighted by atomic mass is 32.1. The van der Waals surface area contributed by atoms with E-state index in [1.54, 1.807) is 13.0 Å². The third-order valence-electron chi connectivity index (χ3n) is 4.67. The summed E-state index contributed by atoms with van der Waals surface area (Å²) in [6.45, 7) is 7.49. The van der Waals surface area contributed by atoms with E-state index < -0.39 is 5.97 Å². The van der Waals surface area contributed by atoms with Gasteiger partial charge in [0.1, 0.15) is 4.88 Å². The molecular weight excluding hydrogens is 348 g/mol. The quantitative estimate of drug-likeness (QED) is 0.605. The van der Waals surface area contributed by atoms with Crippen molar-refractivity contribution >= 4 is 28.8 Å². The minimum Gasteiger partial charge on any atom is -0.453 e. The average molecular weight is 370 g/mol. The summed E-state index contributed by atoms with van der Waals surface area (Å²) < 4.78 is 5.19. The number of esters is 1. The van der Waals surface area contributed by atoms with Crippen LogP contribution in [0.15, 0.2) is 36.0 Å². The highest BCUT2D eigenvalue weighted by Crippen LogP contribution is 2.46. The Bertz CT molecular complexity index is 912. The van der Waals surface area contributed by atoms with Crippen molar-refractivity contribution in [1.29, 1.82) is 0 Å². The molecule has 1 aromatic heterocycles. The van der Waals surface area contributed by atoms with Crippen LogP contribution in [0.25, 0.3) is 0 Å². The molecule has 0 aliphatic carbocycles. The number of thiazole rings is 1. The van der Waals surface area contributed by atoms with Gasteiger partial charge in [-0.05, 0) is 25.5 Å². The largest absolute Gasteiger partial charge is 0.453 e. The van der Waals surface area contributed by atoms with Crippen molar-refractivity contribution in [2.45, 2.75) is 33.1 Å². The average Bonchev–Trinajstić information content (AvgIpc) is 3.03. The lowest BCUT2D eigenvalue weighted by Crippen LogP contribution is -2.25. The molecule has 0 saturated heterocycles. The Balaban J connectivity index is 1.73. The Morgan fingerprint density at radius 1 is 1.27 bits per heavy atom. The fraction of sp³-hybridized carbons (Fsp3) is 0.350. The molecule has 1 aromatic carbocycles. The van der Waals surface area contributed by atoms with Gasteiger partial charge >= 0.3 is 5.97 Å². The van der Waals surface area contributed by atoms with Crippen molar-refractivity contribution in [3.05, 3.63) is 57.2 Å². The van der Waals surface area contributed by atoms with Gasteiger partial charge in [-0.25, -0.2) is 9.78 Å². The molecule has 0 bridgehead atoms. The molecule has 0 amide bonds. The summed E-state index contributed by atoms with van der Waals surface area (Å²) in [7, 11) is 1.95. The zero-order valence-electron chi connectivity index (χ0n) is 15.6. The number of nitrogens with zero attached hydrogens (tertiary/aromatic N) is 2. The second kappa shape index (κ2) is 6.68. The first-order valence-electron chi connectivity index (χ1n) is 8.41. The maximum absolute atomic E-state index is 12.4. The molecule has 0 atom stereocenters. The highest BCUT2D eigenvalue weighted by molar-refractivity contribution is 7.13. The van der Waals surface area contributed by atoms with Gasteiger partial charge in [-0.2, -0.15) is 0 Å². The van der Waals surface area contributed by atoms with Gasteiger partial charge in [0.2, 0.25) is 0 Å². The van der Waals surface area contributed by atoms with E-state index in [1.807, 2.05) is 37.1 Å². The maximum atomic E-state index is 12.4. The third kappa shape index (κ3) is 3.17. The van der Waals surface area contributed by atoms with E-state index in [9.17, 15) is 9.59 Å². The molecular formula is C20H22N2O3S. The highest BCUT2D eigenvalue weighted by Gasteiger charge is 2.38. The van der Waals surface area contributed by atoms with Gasteiger partial charge in [-0.3, -0.25) is 4.79 Å².